The Kier molecular flexibility index (Phi) is 7.57. The summed E-state index contributed by atoms with van der Waals surface area (Å²) in [6.45, 7) is 7.83. The number of hydrogen-bond donors (Lipinski definition) is 1. The molecular weight excluding hydrogens is 357 g/mol. The van der Waals surface area contributed by atoms with Crippen molar-refractivity contribution in [2.75, 3.05) is 6.54 Å². The Bertz CT molecular complexity index is 368. The molecule has 0 bridgehead atoms. The van der Waals surface area contributed by atoms with Gasteiger partial charge in [-0.15, -0.1) is 0 Å². The van der Waals surface area contributed by atoms with Gasteiger partial charge >= 0.3 is 0 Å². The molecule has 0 aliphatic rings. The first-order chi connectivity index (χ1) is 8.58. The Hall–Kier alpha value is 0.200. The third-order valence-electron chi connectivity index (χ3n) is 3.32. The normalized spacial score (nSPS) is 14.5. The maximum Gasteiger partial charge on any atom is 0.0542 e. The predicted octanol–water partition coefficient (Wildman–Crippen LogP) is 5.42. The average Bonchev–Trinajstić information content (AvgIpc) is 2.37. The van der Waals surface area contributed by atoms with Crippen molar-refractivity contribution in [2.24, 2.45) is 5.92 Å². The van der Waals surface area contributed by atoms with E-state index in [1.54, 1.807) is 0 Å². The van der Waals surface area contributed by atoms with Crippen LogP contribution in [0.3, 0.4) is 0 Å². The Morgan fingerprint density at radius 1 is 1.33 bits per heavy atom. The van der Waals surface area contributed by atoms with Gasteiger partial charge in [0.1, 0.15) is 0 Å². The summed E-state index contributed by atoms with van der Waals surface area (Å²) in [5.74, 6) is 0.734. The molecule has 1 nitrogen and oxygen atoms in total. The molecule has 0 aromatic heterocycles. The lowest BCUT2D eigenvalue weighted by molar-refractivity contribution is 0.402. The molecule has 0 aliphatic carbocycles. The first-order valence-electron chi connectivity index (χ1n) is 6.76. The number of halogens is 2. The Morgan fingerprint density at radius 2 is 2.06 bits per heavy atom. The van der Waals surface area contributed by atoms with E-state index < -0.39 is 0 Å². The van der Waals surface area contributed by atoms with E-state index in [9.17, 15) is 0 Å². The molecule has 0 saturated carbocycles. The van der Waals surface area contributed by atoms with Crippen molar-refractivity contribution in [1.29, 1.82) is 0 Å². The summed E-state index contributed by atoms with van der Waals surface area (Å²) in [5, 5.41) is 4.50. The van der Waals surface area contributed by atoms with E-state index in [1.807, 2.05) is 0 Å². The molecule has 2 atom stereocenters. The summed E-state index contributed by atoms with van der Waals surface area (Å²) in [4.78, 5) is 0. The number of nitrogens with one attached hydrogen (secondary N) is 1. The molecule has 1 N–H and O–H groups in total. The molecule has 102 valence electrons. The molecular formula is C15H23ClIN. The Balaban J connectivity index is 2.82. The fourth-order valence-electron chi connectivity index (χ4n) is 1.95. The number of benzene rings is 1. The van der Waals surface area contributed by atoms with E-state index in [0.717, 1.165) is 27.5 Å². The quantitative estimate of drug-likeness (QED) is 0.624. The number of hydrogen-bond acceptors (Lipinski definition) is 1. The van der Waals surface area contributed by atoms with Gasteiger partial charge in [-0.2, -0.15) is 0 Å². The van der Waals surface area contributed by atoms with E-state index in [0.29, 0.717) is 6.04 Å². The topological polar surface area (TPSA) is 12.0 Å². The second-order valence-corrected chi connectivity index (χ2v) is 6.50. The van der Waals surface area contributed by atoms with Crippen LogP contribution >= 0.6 is 34.2 Å². The van der Waals surface area contributed by atoms with Crippen molar-refractivity contribution in [1.82, 2.24) is 5.32 Å². The summed E-state index contributed by atoms with van der Waals surface area (Å²) >= 11 is 8.50. The van der Waals surface area contributed by atoms with Gasteiger partial charge in [0.2, 0.25) is 0 Å². The minimum atomic E-state index is 0.425. The van der Waals surface area contributed by atoms with Gasteiger partial charge in [0.15, 0.2) is 0 Å². The Labute approximate surface area is 130 Å². The molecule has 0 amide bonds. The van der Waals surface area contributed by atoms with Crippen LogP contribution in [0.1, 0.15) is 51.6 Å². The highest BCUT2D eigenvalue weighted by Gasteiger charge is 2.14. The highest BCUT2D eigenvalue weighted by molar-refractivity contribution is 14.1. The van der Waals surface area contributed by atoms with Gasteiger partial charge in [-0.05, 0) is 65.6 Å². The van der Waals surface area contributed by atoms with Crippen LogP contribution in [-0.2, 0) is 0 Å². The standard InChI is InChI=1S/C15H23ClIN/c1-4-8-18-15(9-11(3)5-2)12-6-7-14(17)13(16)10-12/h6-7,10-11,15,18H,4-5,8-9H2,1-3H3. The SMILES string of the molecule is CCCNC(CC(C)CC)c1ccc(I)c(Cl)c1. The van der Waals surface area contributed by atoms with Gasteiger partial charge in [-0.25, -0.2) is 0 Å². The first kappa shape index (κ1) is 16.3. The van der Waals surface area contributed by atoms with Crippen molar-refractivity contribution in [3.63, 3.8) is 0 Å². The largest absolute Gasteiger partial charge is 0.310 e. The second-order valence-electron chi connectivity index (χ2n) is 4.93. The number of rotatable bonds is 7. The summed E-state index contributed by atoms with van der Waals surface area (Å²) in [5.41, 5.74) is 1.31. The zero-order valence-electron chi connectivity index (χ0n) is 11.5. The van der Waals surface area contributed by atoms with Gasteiger partial charge in [-0.1, -0.05) is 44.9 Å². The van der Waals surface area contributed by atoms with Crippen LogP contribution < -0.4 is 5.32 Å². The van der Waals surface area contributed by atoms with Crippen LogP contribution in [0.2, 0.25) is 5.02 Å². The van der Waals surface area contributed by atoms with Crippen molar-refractivity contribution in [3.8, 4) is 0 Å². The third-order valence-corrected chi connectivity index (χ3v) is 4.89. The summed E-state index contributed by atoms with van der Waals surface area (Å²) in [6, 6.07) is 6.84. The molecule has 3 heteroatoms. The molecule has 18 heavy (non-hydrogen) atoms. The van der Waals surface area contributed by atoms with Crippen LogP contribution in [0, 0.1) is 9.49 Å². The van der Waals surface area contributed by atoms with E-state index in [2.05, 4.69) is 66.9 Å². The average molecular weight is 380 g/mol. The van der Waals surface area contributed by atoms with E-state index in [-0.39, 0.29) is 0 Å². The van der Waals surface area contributed by atoms with Crippen LogP contribution in [0.4, 0.5) is 0 Å². The molecule has 0 fully saturated rings. The van der Waals surface area contributed by atoms with Gasteiger partial charge < -0.3 is 5.32 Å². The van der Waals surface area contributed by atoms with Crippen LogP contribution in [0.15, 0.2) is 18.2 Å². The molecule has 0 spiro atoms. The van der Waals surface area contributed by atoms with Gasteiger partial charge in [-0.3, -0.25) is 0 Å². The second kappa shape index (κ2) is 8.39. The van der Waals surface area contributed by atoms with Crippen LogP contribution in [0.5, 0.6) is 0 Å². The molecule has 0 saturated heterocycles. The lowest BCUT2D eigenvalue weighted by Crippen LogP contribution is -2.24. The summed E-state index contributed by atoms with van der Waals surface area (Å²) in [6.07, 6.45) is 3.56. The lowest BCUT2D eigenvalue weighted by atomic mass is 9.94. The van der Waals surface area contributed by atoms with Crippen molar-refractivity contribution in [2.45, 2.75) is 46.1 Å². The molecule has 0 heterocycles. The highest BCUT2D eigenvalue weighted by Crippen LogP contribution is 2.27. The van der Waals surface area contributed by atoms with Crippen molar-refractivity contribution in [3.05, 3.63) is 32.4 Å². The summed E-state index contributed by atoms with van der Waals surface area (Å²) < 4.78 is 1.12. The predicted molar refractivity (Wildman–Crippen MR) is 89.3 cm³/mol. The maximum absolute atomic E-state index is 6.23. The minimum Gasteiger partial charge on any atom is -0.310 e. The minimum absolute atomic E-state index is 0.425. The van der Waals surface area contributed by atoms with Gasteiger partial charge in [0.25, 0.3) is 0 Å². The third kappa shape index (κ3) is 5.06. The fourth-order valence-corrected chi connectivity index (χ4v) is 2.48. The van der Waals surface area contributed by atoms with Crippen LogP contribution in [0.25, 0.3) is 0 Å². The van der Waals surface area contributed by atoms with E-state index in [1.165, 1.54) is 18.4 Å². The molecule has 1 aromatic carbocycles. The van der Waals surface area contributed by atoms with Crippen molar-refractivity contribution < 1.29 is 0 Å². The maximum atomic E-state index is 6.23. The molecule has 1 rings (SSSR count). The molecule has 0 radical (unpaired) electrons. The first-order valence-corrected chi connectivity index (χ1v) is 8.22. The smallest absolute Gasteiger partial charge is 0.0542 e. The zero-order valence-corrected chi connectivity index (χ0v) is 14.4. The van der Waals surface area contributed by atoms with Gasteiger partial charge in [0, 0.05) is 9.61 Å². The Morgan fingerprint density at radius 3 is 2.61 bits per heavy atom. The van der Waals surface area contributed by atoms with Crippen LogP contribution in [-0.4, -0.2) is 6.54 Å². The fraction of sp³-hybridized carbons (Fsp3) is 0.600. The molecule has 1 aromatic rings. The molecule has 2 unspecified atom stereocenters. The lowest BCUT2D eigenvalue weighted by Gasteiger charge is -2.22. The van der Waals surface area contributed by atoms with E-state index >= 15 is 0 Å². The zero-order chi connectivity index (χ0) is 13.5. The summed E-state index contributed by atoms with van der Waals surface area (Å²) in [7, 11) is 0. The van der Waals surface area contributed by atoms with Crippen molar-refractivity contribution >= 4 is 34.2 Å². The monoisotopic (exact) mass is 379 g/mol. The highest BCUT2D eigenvalue weighted by atomic mass is 127. The van der Waals surface area contributed by atoms with E-state index in [4.69, 9.17) is 11.6 Å². The van der Waals surface area contributed by atoms with Gasteiger partial charge in [0.05, 0.1) is 5.02 Å². The molecule has 0 aliphatic heterocycles.